The Morgan fingerprint density at radius 2 is 1.76 bits per heavy atom. The van der Waals surface area contributed by atoms with Gasteiger partial charge in [0.05, 0.1) is 11.6 Å². The second kappa shape index (κ2) is 10.4. The molecule has 0 heterocycles. The lowest BCUT2D eigenvalue weighted by molar-refractivity contribution is 0.281. The van der Waals surface area contributed by atoms with Gasteiger partial charge in [0.25, 0.3) is 0 Å². The molecule has 3 aromatic carbocycles. The standard InChI is InChI=1S/C24H25BrFNO2/c1-17-5-3-4-6-20(17)16-29-24-22(25)13-19(14-23(24)28-2)15-27-12-11-18-7-9-21(26)10-8-18/h3-10,13-14,27H,11-12,15-16H2,1-2H3. The van der Waals surface area contributed by atoms with Gasteiger partial charge in [-0.3, -0.25) is 0 Å². The molecule has 152 valence electrons. The summed E-state index contributed by atoms with van der Waals surface area (Å²) in [6, 6.07) is 18.8. The maximum atomic E-state index is 13.0. The molecule has 0 bridgehead atoms. The van der Waals surface area contributed by atoms with E-state index >= 15 is 0 Å². The minimum absolute atomic E-state index is 0.205. The summed E-state index contributed by atoms with van der Waals surface area (Å²) >= 11 is 3.62. The summed E-state index contributed by atoms with van der Waals surface area (Å²) in [6.07, 6.45) is 0.843. The van der Waals surface area contributed by atoms with E-state index in [4.69, 9.17) is 9.47 Å². The first-order valence-corrected chi connectivity index (χ1v) is 10.3. The van der Waals surface area contributed by atoms with Crippen LogP contribution in [0, 0.1) is 12.7 Å². The van der Waals surface area contributed by atoms with Crippen molar-refractivity contribution in [1.29, 1.82) is 0 Å². The topological polar surface area (TPSA) is 30.5 Å². The van der Waals surface area contributed by atoms with E-state index in [2.05, 4.69) is 40.3 Å². The van der Waals surface area contributed by atoms with Crippen LogP contribution < -0.4 is 14.8 Å². The lowest BCUT2D eigenvalue weighted by Crippen LogP contribution is -2.16. The van der Waals surface area contributed by atoms with Gasteiger partial charge in [0, 0.05) is 6.54 Å². The molecule has 0 aliphatic heterocycles. The Hall–Kier alpha value is -2.37. The van der Waals surface area contributed by atoms with Gasteiger partial charge >= 0.3 is 0 Å². The van der Waals surface area contributed by atoms with Crippen LogP contribution in [0.25, 0.3) is 0 Å². The first-order chi connectivity index (χ1) is 14.1. The molecule has 0 atom stereocenters. The Balaban J connectivity index is 1.58. The molecular weight excluding hydrogens is 433 g/mol. The predicted molar refractivity (Wildman–Crippen MR) is 118 cm³/mol. The molecule has 5 heteroatoms. The Morgan fingerprint density at radius 1 is 1.00 bits per heavy atom. The van der Waals surface area contributed by atoms with Crippen LogP contribution in [0.4, 0.5) is 4.39 Å². The summed E-state index contributed by atoms with van der Waals surface area (Å²) in [5.74, 6) is 1.19. The fourth-order valence-electron chi connectivity index (χ4n) is 3.05. The lowest BCUT2D eigenvalue weighted by atomic mass is 10.1. The third-order valence-corrected chi connectivity index (χ3v) is 5.34. The molecule has 0 aliphatic carbocycles. The zero-order valence-electron chi connectivity index (χ0n) is 16.7. The van der Waals surface area contributed by atoms with Crippen molar-refractivity contribution >= 4 is 15.9 Å². The highest BCUT2D eigenvalue weighted by Gasteiger charge is 2.12. The number of hydrogen-bond acceptors (Lipinski definition) is 3. The Bertz CT molecular complexity index is 944. The van der Waals surface area contributed by atoms with Crippen LogP contribution in [0.15, 0.2) is 65.1 Å². The summed E-state index contributed by atoms with van der Waals surface area (Å²) in [7, 11) is 1.65. The van der Waals surface area contributed by atoms with Crippen LogP contribution in [0.2, 0.25) is 0 Å². The maximum Gasteiger partial charge on any atom is 0.175 e. The van der Waals surface area contributed by atoms with Gasteiger partial charge in [0.2, 0.25) is 0 Å². The van der Waals surface area contributed by atoms with Gasteiger partial charge in [-0.2, -0.15) is 0 Å². The number of hydrogen-bond donors (Lipinski definition) is 1. The van der Waals surface area contributed by atoms with Gasteiger partial charge in [-0.1, -0.05) is 36.4 Å². The maximum absolute atomic E-state index is 13.0. The van der Waals surface area contributed by atoms with E-state index in [0.29, 0.717) is 24.7 Å². The van der Waals surface area contributed by atoms with E-state index in [1.807, 2.05) is 36.4 Å². The van der Waals surface area contributed by atoms with Crippen molar-refractivity contribution in [2.24, 2.45) is 0 Å². The smallest absolute Gasteiger partial charge is 0.175 e. The number of nitrogens with one attached hydrogen (secondary N) is 1. The quantitative estimate of drug-likeness (QED) is 0.410. The second-order valence-electron chi connectivity index (χ2n) is 6.88. The number of aryl methyl sites for hydroxylation is 1. The van der Waals surface area contributed by atoms with Crippen LogP contribution in [0.3, 0.4) is 0 Å². The highest BCUT2D eigenvalue weighted by molar-refractivity contribution is 9.10. The molecule has 0 spiro atoms. The molecule has 0 unspecified atom stereocenters. The number of methoxy groups -OCH3 is 1. The van der Waals surface area contributed by atoms with E-state index < -0.39 is 0 Å². The molecule has 3 nitrogen and oxygen atoms in total. The van der Waals surface area contributed by atoms with E-state index in [1.54, 1.807) is 7.11 Å². The van der Waals surface area contributed by atoms with Gasteiger partial charge in [-0.05, 0) is 82.3 Å². The predicted octanol–water partition coefficient (Wildman–Crippen LogP) is 5.82. The summed E-state index contributed by atoms with van der Waals surface area (Å²) in [5, 5.41) is 3.42. The molecule has 0 saturated heterocycles. The van der Waals surface area contributed by atoms with E-state index in [-0.39, 0.29) is 5.82 Å². The summed E-state index contributed by atoms with van der Waals surface area (Å²) in [5.41, 5.74) is 4.55. The zero-order valence-corrected chi connectivity index (χ0v) is 18.3. The highest BCUT2D eigenvalue weighted by atomic mass is 79.9. The molecule has 29 heavy (non-hydrogen) atoms. The Labute approximate surface area is 180 Å². The monoisotopic (exact) mass is 457 g/mol. The minimum Gasteiger partial charge on any atom is -0.493 e. The van der Waals surface area contributed by atoms with Crippen molar-refractivity contribution < 1.29 is 13.9 Å². The average Bonchev–Trinajstić information content (AvgIpc) is 2.72. The normalized spacial score (nSPS) is 10.8. The lowest BCUT2D eigenvalue weighted by Gasteiger charge is -2.15. The van der Waals surface area contributed by atoms with Crippen LogP contribution in [-0.4, -0.2) is 13.7 Å². The third kappa shape index (κ3) is 6.05. The average molecular weight is 458 g/mol. The molecule has 0 aromatic heterocycles. The number of benzene rings is 3. The first kappa shape index (κ1) is 21.3. The van der Waals surface area contributed by atoms with Crippen LogP contribution in [0.5, 0.6) is 11.5 Å². The van der Waals surface area contributed by atoms with E-state index in [0.717, 1.165) is 34.1 Å². The first-order valence-electron chi connectivity index (χ1n) is 9.55. The largest absolute Gasteiger partial charge is 0.493 e. The van der Waals surface area contributed by atoms with E-state index in [9.17, 15) is 4.39 Å². The summed E-state index contributed by atoms with van der Waals surface area (Å²) < 4.78 is 25.4. The van der Waals surface area contributed by atoms with Crippen LogP contribution in [0.1, 0.15) is 22.3 Å². The fraction of sp³-hybridized carbons (Fsp3) is 0.250. The number of rotatable bonds is 9. The summed E-state index contributed by atoms with van der Waals surface area (Å²) in [4.78, 5) is 0. The molecular formula is C24H25BrFNO2. The van der Waals surface area contributed by atoms with Crippen molar-refractivity contribution in [2.45, 2.75) is 26.5 Å². The van der Waals surface area contributed by atoms with Gasteiger partial charge < -0.3 is 14.8 Å². The SMILES string of the molecule is COc1cc(CNCCc2ccc(F)cc2)cc(Br)c1OCc1ccccc1C. The molecule has 0 saturated carbocycles. The highest BCUT2D eigenvalue weighted by Crippen LogP contribution is 2.37. The Morgan fingerprint density at radius 3 is 2.48 bits per heavy atom. The van der Waals surface area contributed by atoms with Crippen molar-refractivity contribution in [2.75, 3.05) is 13.7 Å². The van der Waals surface area contributed by atoms with Gasteiger partial charge in [0.15, 0.2) is 11.5 Å². The fourth-order valence-corrected chi connectivity index (χ4v) is 3.66. The van der Waals surface area contributed by atoms with Crippen molar-refractivity contribution in [3.63, 3.8) is 0 Å². The van der Waals surface area contributed by atoms with Crippen molar-refractivity contribution in [1.82, 2.24) is 5.32 Å². The summed E-state index contributed by atoms with van der Waals surface area (Å²) in [6.45, 7) is 4.06. The molecule has 3 rings (SSSR count). The van der Waals surface area contributed by atoms with Crippen molar-refractivity contribution in [3.05, 3.63) is 93.2 Å². The number of ether oxygens (including phenoxy) is 2. The van der Waals surface area contributed by atoms with E-state index in [1.165, 1.54) is 17.7 Å². The Kier molecular flexibility index (Phi) is 7.67. The second-order valence-corrected chi connectivity index (χ2v) is 7.73. The van der Waals surface area contributed by atoms with Gasteiger partial charge in [-0.15, -0.1) is 0 Å². The molecule has 3 aromatic rings. The zero-order chi connectivity index (χ0) is 20.6. The molecule has 1 N–H and O–H groups in total. The molecule has 0 aliphatic rings. The van der Waals surface area contributed by atoms with Crippen LogP contribution in [-0.2, 0) is 19.6 Å². The molecule has 0 radical (unpaired) electrons. The van der Waals surface area contributed by atoms with Gasteiger partial charge in [-0.25, -0.2) is 4.39 Å². The third-order valence-electron chi connectivity index (χ3n) is 4.76. The molecule has 0 amide bonds. The molecule has 0 fully saturated rings. The number of halogens is 2. The van der Waals surface area contributed by atoms with Crippen LogP contribution >= 0.6 is 15.9 Å². The minimum atomic E-state index is -0.205. The van der Waals surface area contributed by atoms with Crippen molar-refractivity contribution in [3.8, 4) is 11.5 Å². The van der Waals surface area contributed by atoms with Gasteiger partial charge in [0.1, 0.15) is 12.4 Å².